The minimum atomic E-state index is -0.354. The van der Waals surface area contributed by atoms with Gasteiger partial charge in [0, 0.05) is 6.54 Å². The zero-order valence-electron chi connectivity index (χ0n) is 10.7. The highest BCUT2D eigenvalue weighted by molar-refractivity contribution is 5.83. The van der Waals surface area contributed by atoms with E-state index in [0.29, 0.717) is 0 Å². The van der Waals surface area contributed by atoms with Crippen molar-refractivity contribution in [1.29, 1.82) is 0 Å². The molecule has 0 aromatic heterocycles. The molecule has 0 aromatic carbocycles. The number of carbonyl (C=O) groups excluding carboxylic acids is 1. The summed E-state index contributed by atoms with van der Waals surface area (Å²) in [5.74, 6) is 0.107. The summed E-state index contributed by atoms with van der Waals surface area (Å²) >= 11 is 0. The second kappa shape index (κ2) is 5.36. The van der Waals surface area contributed by atoms with Gasteiger partial charge in [-0.1, -0.05) is 12.8 Å². The van der Waals surface area contributed by atoms with E-state index in [1.165, 1.54) is 0 Å². The lowest BCUT2D eigenvalue weighted by atomic mass is 9.81. The van der Waals surface area contributed by atoms with Gasteiger partial charge in [-0.25, -0.2) is 0 Å². The van der Waals surface area contributed by atoms with Gasteiger partial charge in [0.2, 0.25) is 5.91 Å². The van der Waals surface area contributed by atoms with Gasteiger partial charge in [0.05, 0.1) is 17.6 Å². The number of aliphatic hydroxyl groups excluding tert-OH is 1. The number of nitrogens with one attached hydrogen (secondary N) is 2. The fraction of sp³-hybridized carbons (Fsp3) is 0.923. The Morgan fingerprint density at radius 3 is 2.76 bits per heavy atom. The van der Waals surface area contributed by atoms with Gasteiger partial charge in [-0.15, -0.1) is 0 Å². The van der Waals surface area contributed by atoms with Gasteiger partial charge in [-0.2, -0.15) is 0 Å². The molecule has 1 aliphatic carbocycles. The Bertz CT molecular complexity index is 275. The number of amides is 1. The highest BCUT2D eigenvalue weighted by Crippen LogP contribution is 2.27. The average molecular weight is 240 g/mol. The molecule has 1 amide bonds. The van der Waals surface area contributed by atoms with Crippen LogP contribution in [-0.2, 0) is 4.79 Å². The molecule has 1 saturated carbocycles. The molecule has 2 aliphatic rings. The van der Waals surface area contributed by atoms with Gasteiger partial charge in [0.25, 0.3) is 0 Å². The first-order valence-electron chi connectivity index (χ1n) is 6.82. The van der Waals surface area contributed by atoms with Crippen molar-refractivity contribution in [3.8, 4) is 0 Å². The van der Waals surface area contributed by atoms with Crippen LogP contribution in [0.3, 0.4) is 0 Å². The van der Waals surface area contributed by atoms with Crippen LogP contribution in [0.15, 0.2) is 0 Å². The largest absolute Gasteiger partial charge is 0.391 e. The minimum absolute atomic E-state index is 0.0324. The summed E-state index contributed by atoms with van der Waals surface area (Å²) in [7, 11) is 0. The van der Waals surface area contributed by atoms with E-state index in [2.05, 4.69) is 10.6 Å². The quantitative estimate of drug-likeness (QED) is 0.669. The third-order valence-corrected chi connectivity index (χ3v) is 4.19. The molecular formula is C13H24N2O2. The Labute approximate surface area is 103 Å². The first kappa shape index (κ1) is 12.8. The molecule has 4 nitrogen and oxygen atoms in total. The van der Waals surface area contributed by atoms with Crippen LogP contribution in [0.25, 0.3) is 0 Å². The summed E-state index contributed by atoms with van der Waals surface area (Å²) in [6.07, 6.45) is 5.55. The molecule has 1 saturated heterocycles. The number of piperidine rings is 1. The molecule has 98 valence electrons. The van der Waals surface area contributed by atoms with Gasteiger partial charge in [-0.05, 0) is 39.2 Å². The van der Waals surface area contributed by atoms with Gasteiger partial charge in [-0.3, -0.25) is 4.79 Å². The Morgan fingerprint density at radius 1 is 1.35 bits per heavy atom. The lowest BCUT2D eigenvalue weighted by Gasteiger charge is -2.36. The lowest BCUT2D eigenvalue weighted by Crippen LogP contribution is -2.54. The van der Waals surface area contributed by atoms with Crippen LogP contribution in [-0.4, -0.2) is 36.2 Å². The predicted molar refractivity (Wildman–Crippen MR) is 66.6 cm³/mol. The SMILES string of the molecule is CC1(C(=O)N[C@@H]2CCCC[C@H]2O)CCCNC1. The molecular weight excluding hydrogens is 216 g/mol. The number of carbonyl (C=O) groups is 1. The van der Waals surface area contributed by atoms with E-state index in [1.54, 1.807) is 0 Å². The molecule has 17 heavy (non-hydrogen) atoms. The van der Waals surface area contributed by atoms with Gasteiger partial charge in [0.15, 0.2) is 0 Å². The summed E-state index contributed by atoms with van der Waals surface area (Å²) in [5, 5.41) is 16.2. The number of hydrogen-bond acceptors (Lipinski definition) is 3. The summed E-state index contributed by atoms with van der Waals surface area (Å²) in [4.78, 5) is 12.3. The normalized spacial score (nSPS) is 38.7. The lowest BCUT2D eigenvalue weighted by molar-refractivity contribution is -0.133. The van der Waals surface area contributed by atoms with Gasteiger partial charge in [0.1, 0.15) is 0 Å². The molecule has 1 unspecified atom stereocenters. The van der Waals surface area contributed by atoms with Crippen molar-refractivity contribution in [1.82, 2.24) is 10.6 Å². The van der Waals surface area contributed by atoms with Crippen molar-refractivity contribution in [2.45, 2.75) is 57.6 Å². The molecule has 3 N–H and O–H groups in total. The molecule has 0 aromatic rings. The van der Waals surface area contributed by atoms with Crippen molar-refractivity contribution >= 4 is 5.91 Å². The average Bonchev–Trinajstić information content (AvgIpc) is 2.33. The summed E-state index contributed by atoms with van der Waals surface area (Å²) in [6.45, 7) is 3.78. The Kier molecular flexibility index (Phi) is 4.05. The standard InChI is InChI=1S/C13H24N2O2/c1-13(7-4-8-14-9-13)12(17)15-10-5-2-3-6-11(10)16/h10-11,14,16H,2-9H2,1H3,(H,15,17)/t10-,11-,13?/m1/s1. The predicted octanol–water partition coefficient (Wildman–Crippen LogP) is 0.796. The molecule has 2 fully saturated rings. The van der Waals surface area contributed by atoms with Crippen LogP contribution in [0.2, 0.25) is 0 Å². The highest BCUT2D eigenvalue weighted by Gasteiger charge is 2.36. The molecule has 3 atom stereocenters. The second-order valence-electron chi connectivity index (χ2n) is 5.77. The number of rotatable bonds is 2. The van der Waals surface area contributed by atoms with Crippen LogP contribution in [0.5, 0.6) is 0 Å². The number of aliphatic hydroxyl groups is 1. The Hall–Kier alpha value is -0.610. The van der Waals surface area contributed by atoms with Crippen molar-refractivity contribution in [3.63, 3.8) is 0 Å². The Morgan fingerprint density at radius 2 is 2.12 bits per heavy atom. The van der Waals surface area contributed by atoms with E-state index in [9.17, 15) is 9.90 Å². The highest BCUT2D eigenvalue weighted by atomic mass is 16.3. The first-order chi connectivity index (χ1) is 8.12. The minimum Gasteiger partial charge on any atom is -0.391 e. The molecule has 1 aliphatic heterocycles. The monoisotopic (exact) mass is 240 g/mol. The van der Waals surface area contributed by atoms with Crippen molar-refractivity contribution < 1.29 is 9.90 Å². The van der Waals surface area contributed by atoms with Crippen LogP contribution >= 0.6 is 0 Å². The van der Waals surface area contributed by atoms with E-state index >= 15 is 0 Å². The van der Waals surface area contributed by atoms with E-state index in [-0.39, 0.29) is 23.5 Å². The topological polar surface area (TPSA) is 61.4 Å². The zero-order valence-corrected chi connectivity index (χ0v) is 10.7. The fourth-order valence-corrected chi connectivity index (χ4v) is 2.87. The molecule has 4 heteroatoms. The fourth-order valence-electron chi connectivity index (χ4n) is 2.87. The molecule has 1 heterocycles. The van der Waals surface area contributed by atoms with Gasteiger partial charge < -0.3 is 15.7 Å². The van der Waals surface area contributed by atoms with Crippen molar-refractivity contribution in [2.24, 2.45) is 5.41 Å². The smallest absolute Gasteiger partial charge is 0.227 e. The summed E-state index contributed by atoms with van der Waals surface area (Å²) in [6, 6.07) is -0.0324. The zero-order chi connectivity index (χ0) is 12.3. The first-order valence-corrected chi connectivity index (χ1v) is 6.82. The van der Waals surface area contributed by atoms with E-state index < -0.39 is 0 Å². The molecule has 0 spiro atoms. The van der Waals surface area contributed by atoms with E-state index in [4.69, 9.17) is 0 Å². The maximum atomic E-state index is 12.3. The van der Waals surface area contributed by atoms with E-state index in [0.717, 1.165) is 51.6 Å². The molecule has 0 bridgehead atoms. The maximum Gasteiger partial charge on any atom is 0.227 e. The second-order valence-corrected chi connectivity index (χ2v) is 5.77. The van der Waals surface area contributed by atoms with Crippen LogP contribution in [0.1, 0.15) is 45.4 Å². The summed E-state index contributed by atoms with van der Waals surface area (Å²) < 4.78 is 0. The third kappa shape index (κ3) is 2.99. The maximum absolute atomic E-state index is 12.3. The molecule has 0 radical (unpaired) electrons. The van der Waals surface area contributed by atoms with Gasteiger partial charge >= 0.3 is 0 Å². The third-order valence-electron chi connectivity index (χ3n) is 4.19. The van der Waals surface area contributed by atoms with Crippen LogP contribution < -0.4 is 10.6 Å². The van der Waals surface area contributed by atoms with Crippen LogP contribution in [0.4, 0.5) is 0 Å². The van der Waals surface area contributed by atoms with E-state index in [1.807, 2.05) is 6.92 Å². The van der Waals surface area contributed by atoms with Crippen molar-refractivity contribution in [3.05, 3.63) is 0 Å². The van der Waals surface area contributed by atoms with Crippen LogP contribution in [0, 0.1) is 5.41 Å². The Balaban J connectivity index is 1.90. The van der Waals surface area contributed by atoms with Crippen molar-refractivity contribution in [2.75, 3.05) is 13.1 Å². The summed E-state index contributed by atoms with van der Waals surface area (Å²) in [5.41, 5.74) is -0.296. The number of hydrogen-bond donors (Lipinski definition) is 3. The molecule has 2 rings (SSSR count).